The van der Waals surface area contributed by atoms with E-state index >= 15 is 0 Å². The van der Waals surface area contributed by atoms with Crippen molar-refractivity contribution in [1.29, 1.82) is 0 Å². The Balaban J connectivity index is 1.90. The molecule has 0 aromatic heterocycles. The van der Waals surface area contributed by atoms with E-state index in [1.807, 2.05) is 0 Å². The van der Waals surface area contributed by atoms with Gasteiger partial charge in [0.1, 0.15) is 11.5 Å². The second-order valence-corrected chi connectivity index (χ2v) is 8.53. The van der Waals surface area contributed by atoms with Crippen molar-refractivity contribution < 1.29 is 26.3 Å². The summed E-state index contributed by atoms with van der Waals surface area (Å²) in [7, 11) is -3.63. The third-order valence-corrected chi connectivity index (χ3v) is 5.83. The zero-order chi connectivity index (χ0) is 21.3. The van der Waals surface area contributed by atoms with E-state index < -0.39 is 21.8 Å². The van der Waals surface area contributed by atoms with Gasteiger partial charge in [0.2, 0.25) is 10.0 Å². The lowest BCUT2D eigenvalue weighted by molar-refractivity contribution is -0.137. The van der Waals surface area contributed by atoms with Crippen LogP contribution in [0.5, 0.6) is 11.5 Å². The smallest absolute Gasteiger partial charge is 0.416 e. The first-order valence-electron chi connectivity index (χ1n) is 9.67. The number of sulfonamides is 1. The highest BCUT2D eigenvalue weighted by atomic mass is 32.2. The van der Waals surface area contributed by atoms with Crippen LogP contribution in [-0.4, -0.2) is 15.0 Å². The predicted molar refractivity (Wildman–Crippen MR) is 107 cm³/mol. The van der Waals surface area contributed by atoms with Crippen LogP contribution in [0.2, 0.25) is 0 Å². The second kappa shape index (κ2) is 10.6. The Hall–Kier alpha value is -2.06. The van der Waals surface area contributed by atoms with E-state index in [-0.39, 0.29) is 16.4 Å². The van der Waals surface area contributed by atoms with Gasteiger partial charge in [-0.3, -0.25) is 0 Å². The van der Waals surface area contributed by atoms with Crippen molar-refractivity contribution >= 4 is 10.0 Å². The fraction of sp³-hybridized carbons (Fsp3) is 0.429. The van der Waals surface area contributed by atoms with Gasteiger partial charge in [-0.05, 0) is 48.9 Å². The molecule has 0 aliphatic rings. The molecule has 0 heterocycles. The lowest BCUT2D eigenvalue weighted by Gasteiger charge is -2.11. The van der Waals surface area contributed by atoms with Gasteiger partial charge < -0.3 is 4.74 Å². The third kappa shape index (κ3) is 7.70. The number of hydrogen-bond acceptors (Lipinski definition) is 3. The highest BCUT2D eigenvalue weighted by Gasteiger charge is 2.30. The number of alkyl halides is 3. The molecule has 0 amide bonds. The molecule has 2 rings (SSSR count). The van der Waals surface area contributed by atoms with Gasteiger partial charge in [0.05, 0.1) is 10.5 Å². The summed E-state index contributed by atoms with van der Waals surface area (Å²) < 4.78 is 70.9. The molecular formula is C21H26F3NO3S. The summed E-state index contributed by atoms with van der Waals surface area (Å²) in [5.74, 6) is 0.274. The van der Waals surface area contributed by atoms with Crippen molar-refractivity contribution in [3.8, 4) is 11.5 Å². The van der Waals surface area contributed by atoms with Crippen LogP contribution in [0, 0.1) is 0 Å². The van der Waals surface area contributed by atoms with Crippen LogP contribution < -0.4 is 9.46 Å². The minimum atomic E-state index is -4.46. The largest absolute Gasteiger partial charge is 0.457 e. The van der Waals surface area contributed by atoms with E-state index in [0.29, 0.717) is 6.54 Å². The average Bonchev–Trinajstić information content (AvgIpc) is 2.67. The summed E-state index contributed by atoms with van der Waals surface area (Å²) in [6.45, 7) is 2.51. The Morgan fingerprint density at radius 3 is 2.21 bits per heavy atom. The van der Waals surface area contributed by atoms with Crippen molar-refractivity contribution in [3.05, 3.63) is 54.1 Å². The summed E-state index contributed by atoms with van der Waals surface area (Å²) >= 11 is 0. The number of hydrogen-bond donors (Lipinski definition) is 1. The highest BCUT2D eigenvalue weighted by Crippen LogP contribution is 2.32. The maximum atomic E-state index is 12.8. The molecule has 1 N–H and O–H groups in total. The molecule has 0 aliphatic carbocycles. The summed E-state index contributed by atoms with van der Waals surface area (Å²) in [6.07, 6.45) is 1.92. The molecule has 0 spiro atoms. The maximum absolute atomic E-state index is 12.8. The molecule has 0 atom stereocenters. The molecule has 0 unspecified atom stereocenters. The Labute approximate surface area is 170 Å². The fourth-order valence-corrected chi connectivity index (χ4v) is 3.83. The van der Waals surface area contributed by atoms with E-state index in [0.717, 1.165) is 37.8 Å². The molecule has 160 valence electrons. The molecule has 0 aliphatic heterocycles. The molecular weight excluding hydrogens is 403 g/mol. The zero-order valence-corrected chi connectivity index (χ0v) is 17.2. The van der Waals surface area contributed by atoms with Crippen LogP contribution in [0.3, 0.4) is 0 Å². The number of rotatable bonds is 11. The van der Waals surface area contributed by atoms with Gasteiger partial charge in [-0.2, -0.15) is 13.2 Å². The minimum Gasteiger partial charge on any atom is -0.457 e. The summed E-state index contributed by atoms with van der Waals surface area (Å²) in [5.41, 5.74) is -0.812. The second-order valence-electron chi connectivity index (χ2n) is 6.76. The molecule has 4 nitrogen and oxygen atoms in total. The van der Waals surface area contributed by atoms with E-state index in [1.54, 1.807) is 0 Å². The topological polar surface area (TPSA) is 55.4 Å². The van der Waals surface area contributed by atoms with Gasteiger partial charge in [0.15, 0.2) is 0 Å². The van der Waals surface area contributed by atoms with E-state index in [1.165, 1.54) is 49.2 Å². The first kappa shape index (κ1) is 23.2. The van der Waals surface area contributed by atoms with Crippen molar-refractivity contribution in [2.24, 2.45) is 0 Å². The third-order valence-electron chi connectivity index (χ3n) is 4.35. The van der Waals surface area contributed by atoms with E-state index in [2.05, 4.69) is 11.6 Å². The Morgan fingerprint density at radius 2 is 1.55 bits per heavy atom. The number of halogens is 3. The van der Waals surface area contributed by atoms with Gasteiger partial charge in [-0.25, -0.2) is 13.1 Å². The standard InChI is InChI=1S/C21H26F3NO3S/c1-2-3-4-5-6-7-15-25-29(26,27)20-13-11-18(12-14-20)28-19-10-8-9-17(16-19)21(22,23)24/h8-14,16,25H,2-7,15H2,1H3. The normalized spacial score (nSPS) is 12.1. The molecule has 0 radical (unpaired) electrons. The number of unbranched alkanes of at least 4 members (excludes halogenated alkanes) is 5. The van der Waals surface area contributed by atoms with Crippen molar-refractivity contribution in [2.75, 3.05) is 6.54 Å². The molecule has 0 fully saturated rings. The minimum absolute atomic E-state index is 0.0247. The lowest BCUT2D eigenvalue weighted by atomic mass is 10.1. The fourth-order valence-electron chi connectivity index (χ4n) is 2.75. The van der Waals surface area contributed by atoms with E-state index in [4.69, 9.17) is 4.74 Å². The Morgan fingerprint density at radius 1 is 0.897 bits per heavy atom. The first-order valence-corrected chi connectivity index (χ1v) is 11.2. The quantitative estimate of drug-likeness (QED) is 0.437. The summed E-state index contributed by atoms with van der Waals surface area (Å²) in [6, 6.07) is 10.1. The van der Waals surface area contributed by atoms with Crippen molar-refractivity contribution in [1.82, 2.24) is 4.72 Å². The van der Waals surface area contributed by atoms with Gasteiger partial charge in [0, 0.05) is 6.54 Å². The first-order chi connectivity index (χ1) is 13.7. The number of ether oxygens (including phenoxy) is 1. The van der Waals surface area contributed by atoms with Crippen LogP contribution in [-0.2, 0) is 16.2 Å². The van der Waals surface area contributed by atoms with Crippen LogP contribution in [0.1, 0.15) is 51.0 Å². The number of benzene rings is 2. The highest BCUT2D eigenvalue weighted by molar-refractivity contribution is 7.89. The Bertz CT molecular complexity index is 865. The van der Waals surface area contributed by atoms with Crippen LogP contribution in [0.15, 0.2) is 53.4 Å². The summed E-state index contributed by atoms with van der Waals surface area (Å²) in [5, 5.41) is 0. The summed E-state index contributed by atoms with van der Waals surface area (Å²) in [4.78, 5) is 0.0832. The van der Waals surface area contributed by atoms with Crippen LogP contribution in [0.4, 0.5) is 13.2 Å². The molecule has 2 aromatic rings. The number of nitrogens with one attached hydrogen (secondary N) is 1. The van der Waals surface area contributed by atoms with Gasteiger partial charge in [-0.1, -0.05) is 45.1 Å². The van der Waals surface area contributed by atoms with Crippen molar-refractivity contribution in [2.45, 2.75) is 56.5 Å². The maximum Gasteiger partial charge on any atom is 0.416 e. The van der Waals surface area contributed by atoms with Crippen LogP contribution >= 0.6 is 0 Å². The predicted octanol–water partition coefficient (Wildman–Crippen LogP) is 6.14. The molecule has 2 aromatic carbocycles. The monoisotopic (exact) mass is 429 g/mol. The van der Waals surface area contributed by atoms with Crippen molar-refractivity contribution in [3.63, 3.8) is 0 Å². The Kier molecular flexibility index (Phi) is 8.52. The molecule has 0 bridgehead atoms. The lowest BCUT2D eigenvalue weighted by Crippen LogP contribution is -2.24. The SMILES string of the molecule is CCCCCCCCNS(=O)(=O)c1ccc(Oc2cccc(C(F)(F)F)c2)cc1. The van der Waals surface area contributed by atoms with Gasteiger partial charge >= 0.3 is 6.18 Å². The van der Waals surface area contributed by atoms with Gasteiger partial charge in [-0.15, -0.1) is 0 Å². The average molecular weight is 430 g/mol. The molecule has 0 saturated heterocycles. The molecule has 8 heteroatoms. The molecule has 29 heavy (non-hydrogen) atoms. The molecule has 0 saturated carbocycles. The van der Waals surface area contributed by atoms with E-state index in [9.17, 15) is 21.6 Å². The van der Waals surface area contributed by atoms with Gasteiger partial charge in [0.25, 0.3) is 0 Å². The zero-order valence-electron chi connectivity index (χ0n) is 16.3. The van der Waals surface area contributed by atoms with Crippen LogP contribution in [0.25, 0.3) is 0 Å².